The molecule has 0 radical (unpaired) electrons. The average Bonchev–Trinajstić information content (AvgIpc) is 2.73. The van der Waals surface area contributed by atoms with Crippen LogP contribution in [0.2, 0.25) is 0 Å². The van der Waals surface area contributed by atoms with E-state index >= 15 is 0 Å². The maximum Gasteiger partial charge on any atom is 0.222 e. The predicted molar refractivity (Wildman–Crippen MR) is 100 cm³/mol. The molecule has 120 valence electrons. The number of aromatic nitrogens is 1. The van der Waals surface area contributed by atoms with Gasteiger partial charge < -0.3 is 5.32 Å². The number of guanidine groups is 1. The number of hydrogen-bond donors (Lipinski definition) is 1. The molecular weight excluding hydrogens is 304 g/mol. The van der Waals surface area contributed by atoms with Crippen molar-refractivity contribution in [2.24, 2.45) is 9.98 Å². The van der Waals surface area contributed by atoms with Gasteiger partial charge in [0.15, 0.2) is 0 Å². The van der Waals surface area contributed by atoms with Crippen LogP contribution in [-0.4, -0.2) is 23.7 Å². The van der Waals surface area contributed by atoms with Crippen LogP contribution in [0.25, 0.3) is 0 Å². The lowest BCUT2D eigenvalue weighted by molar-refractivity contribution is 1.11. The lowest BCUT2D eigenvalue weighted by Gasteiger charge is -2.07. The van der Waals surface area contributed by atoms with Gasteiger partial charge in [0, 0.05) is 12.7 Å². The van der Waals surface area contributed by atoms with Crippen molar-refractivity contribution >= 4 is 23.0 Å². The maximum absolute atomic E-state index is 4.62. The van der Waals surface area contributed by atoms with Gasteiger partial charge in [0.2, 0.25) is 5.96 Å². The lowest BCUT2D eigenvalue weighted by Crippen LogP contribution is -2.21. The maximum atomic E-state index is 4.62. The van der Waals surface area contributed by atoms with E-state index in [-0.39, 0.29) is 0 Å². The van der Waals surface area contributed by atoms with E-state index in [1.165, 1.54) is 5.57 Å². The predicted octanol–water partition coefficient (Wildman–Crippen LogP) is 4.10. The van der Waals surface area contributed by atoms with Crippen molar-refractivity contribution in [2.45, 2.75) is 27.2 Å². The number of nitrogens with zero attached hydrogens (tertiary/aromatic N) is 3. The topological polar surface area (TPSA) is 49.6 Å². The fourth-order valence-electron chi connectivity index (χ4n) is 2.16. The van der Waals surface area contributed by atoms with Gasteiger partial charge in [-0.3, -0.25) is 4.99 Å². The minimum atomic E-state index is 0.556. The minimum absolute atomic E-state index is 0.556. The van der Waals surface area contributed by atoms with Crippen molar-refractivity contribution in [1.29, 1.82) is 0 Å². The Morgan fingerprint density at radius 2 is 2.09 bits per heavy atom. The third-order valence-corrected chi connectivity index (χ3v) is 4.42. The molecule has 0 saturated heterocycles. The third kappa shape index (κ3) is 4.60. The standard InChI is InChI=1S/C18H22N4S/c1-6-16(17-13(3)20-14(4)23-17)22-18(19-5)21-15-9-7-8-12(2)10-11-15/h6,8-11H,1,7H2,2-5H3,(H,19,21)/b22-16+. The van der Waals surface area contributed by atoms with Gasteiger partial charge in [-0.05, 0) is 39.3 Å². The van der Waals surface area contributed by atoms with Gasteiger partial charge in [0.1, 0.15) is 0 Å². The van der Waals surface area contributed by atoms with E-state index in [9.17, 15) is 0 Å². The Labute approximate surface area is 141 Å². The van der Waals surface area contributed by atoms with Crippen molar-refractivity contribution in [3.05, 3.63) is 63.8 Å². The molecule has 0 unspecified atom stereocenters. The fourth-order valence-corrected chi connectivity index (χ4v) is 3.06. The number of nitrogens with one attached hydrogen (secondary N) is 1. The summed E-state index contributed by atoms with van der Waals surface area (Å²) in [5.74, 6) is 0.556. The van der Waals surface area contributed by atoms with Gasteiger partial charge in [0.25, 0.3) is 0 Å². The van der Waals surface area contributed by atoms with Crippen LogP contribution in [0.15, 0.2) is 58.2 Å². The Kier molecular flexibility index (Phi) is 5.82. The molecule has 0 atom stereocenters. The number of allylic oxidation sites excluding steroid dienone is 6. The highest BCUT2D eigenvalue weighted by Crippen LogP contribution is 2.19. The smallest absolute Gasteiger partial charge is 0.222 e. The van der Waals surface area contributed by atoms with Crippen LogP contribution >= 0.6 is 11.3 Å². The zero-order chi connectivity index (χ0) is 16.8. The Hall–Kier alpha value is -2.27. The van der Waals surface area contributed by atoms with E-state index in [4.69, 9.17) is 0 Å². The van der Waals surface area contributed by atoms with Gasteiger partial charge in [0.05, 0.1) is 21.3 Å². The molecule has 1 aromatic rings. The number of rotatable bonds is 3. The molecule has 0 amide bonds. The van der Waals surface area contributed by atoms with Crippen molar-refractivity contribution in [2.75, 3.05) is 7.05 Å². The number of aryl methyl sites for hydroxylation is 2. The molecule has 0 fully saturated rings. The van der Waals surface area contributed by atoms with E-state index in [1.54, 1.807) is 24.5 Å². The van der Waals surface area contributed by atoms with Crippen LogP contribution in [-0.2, 0) is 0 Å². The minimum Gasteiger partial charge on any atom is -0.325 e. The summed E-state index contributed by atoms with van der Waals surface area (Å²) < 4.78 is 0. The molecule has 23 heavy (non-hydrogen) atoms. The Morgan fingerprint density at radius 3 is 2.70 bits per heavy atom. The number of aliphatic imine (C=N–C) groups is 2. The largest absolute Gasteiger partial charge is 0.325 e. The molecule has 1 heterocycles. The molecular formula is C18H22N4S. The van der Waals surface area contributed by atoms with Crippen LogP contribution in [0.3, 0.4) is 0 Å². The quantitative estimate of drug-likeness (QED) is 0.671. The first-order valence-corrected chi connectivity index (χ1v) is 8.29. The summed E-state index contributed by atoms with van der Waals surface area (Å²) in [6.45, 7) is 9.94. The van der Waals surface area contributed by atoms with E-state index < -0.39 is 0 Å². The van der Waals surface area contributed by atoms with Crippen molar-refractivity contribution in [3.63, 3.8) is 0 Å². The second kappa shape index (κ2) is 7.83. The zero-order valence-electron chi connectivity index (χ0n) is 14.1. The molecule has 1 aliphatic rings. The van der Waals surface area contributed by atoms with Crippen LogP contribution < -0.4 is 5.32 Å². The summed E-state index contributed by atoms with van der Waals surface area (Å²) in [5, 5.41) is 4.29. The van der Waals surface area contributed by atoms with Gasteiger partial charge in [-0.25, -0.2) is 9.98 Å². The molecule has 1 N–H and O–H groups in total. The van der Waals surface area contributed by atoms with E-state index in [1.807, 2.05) is 19.9 Å². The van der Waals surface area contributed by atoms with Crippen LogP contribution in [0.4, 0.5) is 0 Å². The highest BCUT2D eigenvalue weighted by atomic mass is 32.1. The Bertz CT molecular complexity index is 745. The Balaban J connectivity index is 2.24. The summed E-state index contributed by atoms with van der Waals surface area (Å²) >= 11 is 1.62. The van der Waals surface area contributed by atoms with Crippen molar-refractivity contribution in [1.82, 2.24) is 10.3 Å². The summed E-state index contributed by atoms with van der Waals surface area (Å²) in [4.78, 5) is 14.3. The van der Waals surface area contributed by atoms with E-state index in [2.05, 4.69) is 52.0 Å². The average molecular weight is 326 g/mol. The van der Waals surface area contributed by atoms with Crippen molar-refractivity contribution in [3.8, 4) is 0 Å². The molecule has 4 nitrogen and oxygen atoms in total. The highest BCUT2D eigenvalue weighted by molar-refractivity contribution is 7.14. The molecule has 0 saturated carbocycles. The van der Waals surface area contributed by atoms with Crippen molar-refractivity contribution < 1.29 is 0 Å². The summed E-state index contributed by atoms with van der Waals surface area (Å²) in [5.41, 5.74) is 3.99. The van der Waals surface area contributed by atoms with Gasteiger partial charge in [-0.1, -0.05) is 30.4 Å². The van der Waals surface area contributed by atoms with Gasteiger partial charge in [-0.2, -0.15) is 0 Å². The molecule has 5 heteroatoms. The second-order valence-electron chi connectivity index (χ2n) is 5.20. The zero-order valence-corrected chi connectivity index (χ0v) is 14.9. The van der Waals surface area contributed by atoms with Gasteiger partial charge in [-0.15, -0.1) is 11.3 Å². The molecule has 0 bridgehead atoms. The molecule has 1 aliphatic carbocycles. The highest BCUT2D eigenvalue weighted by Gasteiger charge is 2.10. The molecule has 0 spiro atoms. The molecule has 2 rings (SSSR count). The molecule has 0 aliphatic heterocycles. The summed E-state index contributed by atoms with van der Waals surface area (Å²) in [6.07, 6.45) is 11.0. The first-order chi connectivity index (χ1) is 11.0. The fraction of sp³-hybridized carbons (Fsp3) is 0.278. The lowest BCUT2D eigenvalue weighted by atomic mass is 10.2. The van der Waals surface area contributed by atoms with Gasteiger partial charge >= 0.3 is 0 Å². The van der Waals surface area contributed by atoms with Crippen LogP contribution in [0.5, 0.6) is 0 Å². The monoisotopic (exact) mass is 326 g/mol. The van der Waals surface area contributed by atoms with Crippen LogP contribution in [0, 0.1) is 13.8 Å². The molecule has 1 aromatic heterocycles. The van der Waals surface area contributed by atoms with Crippen LogP contribution in [0.1, 0.15) is 28.9 Å². The first kappa shape index (κ1) is 17.1. The number of hydrogen-bond acceptors (Lipinski definition) is 3. The third-order valence-electron chi connectivity index (χ3n) is 3.33. The SMILES string of the molecule is C=C/C(=N\C(=NC)NC1=CCC=C(C)C=C1)c1sc(C)nc1C. The first-order valence-electron chi connectivity index (χ1n) is 7.47. The summed E-state index contributed by atoms with van der Waals surface area (Å²) in [7, 11) is 1.72. The van der Waals surface area contributed by atoms with E-state index in [0.29, 0.717) is 5.96 Å². The van der Waals surface area contributed by atoms with E-state index in [0.717, 1.165) is 33.4 Å². The Morgan fingerprint density at radius 1 is 1.30 bits per heavy atom. The number of thiazole rings is 1. The second-order valence-corrected chi connectivity index (χ2v) is 6.40. The normalized spacial score (nSPS) is 15.8. The molecule has 0 aromatic carbocycles. The summed E-state index contributed by atoms with van der Waals surface area (Å²) in [6, 6.07) is 0.